The highest BCUT2D eigenvalue weighted by atomic mass is 35.5. The quantitative estimate of drug-likeness (QED) is 0.729. The van der Waals surface area contributed by atoms with Gasteiger partial charge in [-0.1, -0.05) is 35.4 Å². The third-order valence-electron chi connectivity index (χ3n) is 3.54. The van der Waals surface area contributed by atoms with E-state index in [0.29, 0.717) is 10.8 Å². The van der Waals surface area contributed by atoms with Crippen molar-refractivity contribution in [2.24, 2.45) is 0 Å². The second kappa shape index (κ2) is 4.53. The minimum atomic E-state index is 0.623. The average molecular weight is 286 g/mol. The van der Waals surface area contributed by atoms with E-state index in [1.54, 1.807) is 6.20 Å². The molecule has 0 fully saturated rings. The van der Waals surface area contributed by atoms with Gasteiger partial charge < -0.3 is 5.73 Å². The van der Waals surface area contributed by atoms with Gasteiger partial charge in [-0.25, -0.2) is 4.98 Å². The molecule has 0 bridgehead atoms. The maximum Gasteiger partial charge on any atom is 0.142 e. The number of rotatable bonds is 1. The molecule has 102 valence electrons. The van der Waals surface area contributed by atoms with Crippen LogP contribution in [-0.2, 0) is 0 Å². The number of aryl methyl sites for hydroxylation is 3. The summed E-state index contributed by atoms with van der Waals surface area (Å²) in [5.74, 6) is 0.623. The van der Waals surface area contributed by atoms with Gasteiger partial charge in [0.1, 0.15) is 17.2 Å². The first-order chi connectivity index (χ1) is 9.47. The van der Waals surface area contributed by atoms with Crippen LogP contribution >= 0.6 is 11.6 Å². The predicted molar refractivity (Wildman–Crippen MR) is 84.3 cm³/mol. The van der Waals surface area contributed by atoms with Crippen LogP contribution < -0.4 is 5.73 Å². The third-order valence-corrected chi connectivity index (χ3v) is 3.75. The van der Waals surface area contributed by atoms with Gasteiger partial charge in [-0.15, -0.1) is 0 Å². The van der Waals surface area contributed by atoms with Crippen molar-refractivity contribution in [3.63, 3.8) is 0 Å². The van der Waals surface area contributed by atoms with Crippen LogP contribution in [0.3, 0.4) is 0 Å². The highest BCUT2D eigenvalue weighted by Crippen LogP contribution is 2.31. The first-order valence-electron chi connectivity index (χ1n) is 6.48. The largest absolute Gasteiger partial charge is 0.383 e. The van der Waals surface area contributed by atoms with Crippen molar-refractivity contribution in [2.45, 2.75) is 20.8 Å². The lowest BCUT2D eigenvalue weighted by Crippen LogP contribution is -1.95. The number of benzene rings is 1. The van der Waals surface area contributed by atoms with E-state index in [1.165, 1.54) is 11.1 Å². The number of nitrogens with two attached hydrogens (primary N) is 1. The van der Waals surface area contributed by atoms with Crippen LogP contribution in [0.15, 0.2) is 30.5 Å². The molecule has 0 aliphatic carbocycles. The van der Waals surface area contributed by atoms with E-state index in [4.69, 9.17) is 22.3 Å². The Bertz CT molecular complexity index is 818. The zero-order valence-corrected chi connectivity index (χ0v) is 12.5. The molecule has 4 heteroatoms. The molecule has 2 heterocycles. The maximum atomic E-state index is 6.26. The van der Waals surface area contributed by atoms with Crippen LogP contribution in [-0.4, -0.2) is 9.38 Å². The molecule has 0 aliphatic heterocycles. The molecule has 0 unspecified atom stereocenters. The summed E-state index contributed by atoms with van der Waals surface area (Å²) in [6, 6.07) is 8.18. The second-order valence-electron chi connectivity index (χ2n) is 5.20. The summed E-state index contributed by atoms with van der Waals surface area (Å²) >= 11 is 6.10. The molecule has 0 atom stereocenters. The monoisotopic (exact) mass is 285 g/mol. The van der Waals surface area contributed by atoms with Crippen LogP contribution in [0.1, 0.15) is 16.7 Å². The summed E-state index contributed by atoms with van der Waals surface area (Å²) in [4.78, 5) is 4.69. The lowest BCUT2D eigenvalue weighted by molar-refractivity contribution is 1.17. The number of anilines is 1. The van der Waals surface area contributed by atoms with Gasteiger partial charge in [0.15, 0.2) is 0 Å². The summed E-state index contributed by atoms with van der Waals surface area (Å²) in [6.45, 7) is 6.14. The molecule has 3 nitrogen and oxygen atoms in total. The Hall–Kier alpha value is -2.00. The van der Waals surface area contributed by atoms with Crippen molar-refractivity contribution < 1.29 is 0 Å². The fourth-order valence-electron chi connectivity index (χ4n) is 2.56. The van der Waals surface area contributed by atoms with Crippen molar-refractivity contribution in [3.05, 3.63) is 52.2 Å². The summed E-state index contributed by atoms with van der Waals surface area (Å²) in [5, 5.41) is 0.659. The minimum absolute atomic E-state index is 0.623. The van der Waals surface area contributed by atoms with Gasteiger partial charge in [-0.3, -0.25) is 4.40 Å². The standard InChI is InChI=1S/C16H16ClN3/c1-9-4-5-13(10(2)6-9)14-15(18)20-8-12(17)7-11(3)16(20)19-14/h4-8H,18H2,1-3H3. The zero-order chi connectivity index (χ0) is 14.4. The van der Waals surface area contributed by atoms with E-state index in [-0.39, 0.29) is 0 Å². The number of hydrogen-bond donors (Lipinski definition) is 1. The van der Waals surface area contributed by atoms with Crippen molar-refractivity contribution in [1.29, 1.82) is 0 Å². The van der Waals surface area contributed by atoms with E-state index in [9.17, 15) is 0 Å². The topological polar surface area (TPSA) is 43.3 Å². The van der Waals surface area contributed by atoms with Crippen LogP contribution in [0.2, 0.25) is 5.02 Å². The molecule has 2 aromatic heterocycles. The van der Waals surface area contributed by atoms with E-state index in [2.05, 4.69) is 32.0 Å². The van der Waals surface area contributed by atoms with Crippen LogP contribution in [0.25, 0.3) is 16.9 Å². The first-order valence-corrected chi connectivity index (χ1v) is 6.86. The van der Waals surface area contributed by atoms with Crippen LogP contribution in [0.5, 0.6) is 0 Å². The lowest BCUT2D eigenvalue weighted by Gasteiger charge is -2.05. The van der Waals surface area contributed by atoms with E-state index < -0.39 is 0 Å². The maximum absolute atomic E-state index is 6.26. The molecule has 20 heavy (non-hydrogen) atoms. The summed E-state index contributed by atoms with van der Waals surface area (Å²) in [7, 11) is 0. The van der Waals surface area contributed by atoms with Crippen molar-refractivity contribution >= 4 is 23.1 Å². The Kier molecular flexibility index (Phi) is 2.94. The van der Waals surface area contributed by atoms with Gasteiger partial charge in [-0.05, 0) is 38.0 Å². The molecule has 0 aliphatic rings. The molecule has 0 radical (unpaired) electrons. The number of halogens is 1. The SMILES string of the molecule is Cc1ccc(-c2nc3c(C)cc(Cl)cn3c2N)c(C)c1. The smallest absolute Gasteiger partial charge is 0.142 e. The lowest BCUT2D eigenvalue weighted by atomic mass is 10.0. The fourth-order valence-corrected chi connectivity index (χ4v) is 2.82. The average Bonchev–Trinajstić information content (AvgIpc) is 2.68. The summed E-state index contributed by atoms with van der Waals surface area (Å²) in [6.07, 6.45) is 1.80. The summed E-state index contributed by atoms with van der Waals surface area (Å²) < 4.78 is 1.85. The normalized spacial score (nSPS) is 11.2. The number of nitrogens with zero attached hydrogens (tertiary/aromatic N) is 2. The number of imidazole rings is 1. The predicted octanol–water partition coefficient (Wildman–Crippen LogP) is 4.16. The number of aromatic nitrogens is 2. The van der Waals surface area contributed by atoms with Gasteiger partial charge in [0.05, 0.1) is 5.02 Å². The molecule has 3 aromatic rings. The number of nitrogen functional groups attached to an aromatic ring is 1. The van der Waals surface area contributed by atoms with Gasteiger partial charge in [0.25, 0.3) is 0 Å². The van der Waals surface area contributed by atoms with Gasteiger partial charge in [-0.2, -0.15) is 0 Å². The molecular weight excluding hydrogens is 270 g/mol. The highest BCUT2D eigenvalue weighted by Gasteiger charge is 2.15. The van der Waals surface area contributed by atoms with Crippen LogP contribution in [0, 0.1) is 20.8 Å². The molecule has 2 N–H and O–H groups in total. The van der Waals surface area contributed by atoms with Gasteiger partial charge in [0, 0.05) is 11.8 Å². The number of fused-ring (bicyclic) bond motifs is 1. The molecule has 0 amide bonds. The van der Waals surface area contributed by atoms with Crippen molar-refractivity contribution in [1.82, 2.24) is 9.38 Å². The third kappa shape index (κ3) is 1.95. The van der Waals surface area contributed by atoms with Crippen molar-refractivity contribution in [3.8, 4) is 11.3 Å². The number of pyridine rings is 1. The van der Waals surface area contributed by atoms with E-state index in [0.717, 1.165) is 22.5 Å². The molecule has 1 aromatic carbocycles. The Balaban J connectivity index is 2.32. The molecule has 3 rings (SSSR count). The van der Waals surface area contributed by atoms with Crippen LogP contribution in [0.4, 0.5) is 5.82 Å². The molecule has 0 saturated heterocycles. The molecule has 0 spiro atoms. The van der Waals surface area contributed by atoms with E-state index >= 15 is 0 Å². The molecule has 0 saturated carbocycles. The molecular formula is C16H16ClN3. The zero-order valence-electron chi connectivity index (χ0n) is 11.7. The first kappa shape index (κ1) is 13.0. The summed E-state index contributed by atoms with van der Waals surface area (Å²) in [5.41, 5.74) is 12.4. The van der Waals surface area contributed by atoms with Gasteiger partial charge >= 0.3 is 0 Å². The Morgan fingerprint density at radius 1 is 1.10 bits per heavy atom. The van der Waals surface area contributed by atoms with Crippen molar-refractivity contribution in [2.75, 3.05) is 5.73 Å². The Labute approximate surface area is 123 Å². The Morgan fingerprint density at radius 3 is 2.55 bits per heavy atom. The second-order valence-corrected chi connectivity index (χ2v) is 5.64. The minimum Gasteiger partial charge on any atom is -0.383 e. The van der Waals surface area contributed by atoms with Gasteiger partial charge in [0.2, 0.25) is 0 Å². The number of hydrogen-bond acceptors (Lipinski definition) is 2. The highest BCUT2D eigenvalue weighted by molar-refractivity contribution is 6.30. The van der Waals surface area contributed by atoms with E-state index in [1.807, 2.05) is 17.4 Å². The fraction of sp³-hybridized carbons (Fsp3) is 0.188. The Morgan fingerprint density at radius 2 is 1.85 bits per heavy atom.